The number of thioether (sulfide) groups is 1. The number of nitrogen functional groups attached to an aromatic ring is 1. The number of carbonyl (C=O) groups is 2. The molecule has 2 unspecified atom stereocenters. The minimum absolute atomic E-state index is 0. The topological polar surface area (TPSA) is 117 Å². The second-order valence-corrected chi connectivity index (χ2v) is 10.7. The predicted octanol–water partition coefficient (Wildman–Crippen LogP) is 1.92. The maximum Gasteiger partial charge on any atom is 0.327 e. The third kappa shape index (κ3) is 4.64. The zero-order chi connectivity index (χ0) is 21.5. The molecule has 0 aromatic carbocycles. The van der Waals surface area contributed by atoms with Gasteiger partial charge in [0.15, 0.2) is 12.0 Å². The molecule has 11 heteroatoms. The predicted molar refractivity (Wildman–Crippen MR) is 123 cm³/mol. The fraction of sp³-hybridized carbons (Fsp3) is 0.700. The van der Waals surface area contributed by atoms with Gasteiger partial charge in [-0.05, 0) is 45.4 Å². The maximum atomic E-state index is 12.5. The number of nitrogens with two attached hydrogens (primary N) is 1. The van der Waals surface area contributed by atoms with Gasteiger partial charge in [0.1, 0.15) is 11.4 Å². The number of β-lactam (4-membered cyclic amide) rings is 1. The van der Waals surface area contributed by atoms with Crippen LogP contribution in [-0.2, 0) is 16.1 Å². The molecule has 3 aliphatic rings. The van der Waals surface area contributed by atoms with Crippen molar-refractivity contribution in [3.8, 4) is 0 Å². The summed E-state index contributed by atoms with van der Waals surface area (Å²) >= 11 is 1.54. The number of aromatic nitrogens is 2. The fourth-order valence-electron chi connectivity index (χ4n) is 4.73. The van der Waals surface area contributed by atoms with Crippen LogP contribution in [-0.4, -0.2) is 78.0 Å². The number of carboxylic acid groups (broad SMARTS) is 1. The summed E-state index contributed by atoms with van der Waals surface area (Å²) in [5, 5.41) is 9.33. The first-order valence-electron chi connectivity index (χ1n) is 10.5. The number of anilines is 1. The van der Waals surface area contributed by atoms with Gasteiger partial charge in [-0.25, -0.2) is 9.78 Å². The highest BCUT2D eigenvalue weighted by molar-refractivity contribution is 8.01. The molecule has 4 heterocycles. The van der Waals surface area contributed by atoms with E-state index in [4.69, 9.17) is 5.73 Å². The highest BCUT2D eigenvalue weighted by Crippen LogP contribution is 2.51. The van der Waals surface area contributed by atoms with Crippen molar-refractivity contribution in [2.24, 2.45) is 10.9 Å². The Balaban J connectivity index is 0.00000272. The van der Waals surface area contributed by atoms with Crippen LogP contribution in [0.3, 0.4) is 0 Å². The molecular weight excluding hydrogens is 440 g/mol. The number of piperidine rings is 1. The van der Waals surface area contributed by atoms with E-state index in [1.165, 1.54) is 23.1 Å². The van der Waals surface area contributed by atoms with Crippen molar-refractivity contribution < 1.29 is 14.7 Å². The second kappa shape index (κ2) is 9.28. The van der Waals surface area contributed by atoms with Gasteiger partial charge in [-0.3, -0.25) is 9.79 Å². The second-order valence-electron chi connectivity index (χ2n) is 8.91. The molecule has 1 amide bonds. The normalized spacial score (nSPS) is 27.8. The number of aryl methyl sites for hydroxylation is 1. The molecule has 3 atom stereocenters. The summed E-state index contributed by atoms with van der Waals surface area (Å²) in [6.45, 7) is 6.55. The lowest BCUT2D eigenvalue weighted by atomic mass is 9.92. The Morgan fingerprint density at radius 1 is 1.42 bits per heavy atom. The molecule has 1 aromatic rings. The Hall–Kier alpha value is -1.94. The van der Waals surface area contributed by atoms with Crippen LogP contribution in [0.1, 0.15) is 39.5 Å². The highest BCUT2D eigenvalue weighted by Gasteiger charge is 2.63. The minimum atomic E-state index is -0.941. The number of nitrogens with zero attached hydrogens (tertiary/aromatic N) is 5. The molecule has 0 bridgehead atoms. The lowest BCUT2D eigenvalue weighted by molar-refractivity contribution is -0.158. The van der Waals surface area contributed by atoms with Crippen molar-refractivity contribution in [3.63, 3.8) is 0 Å². The summed E-state index contributed by atoms with van der Waals surface area (Å²) in [6, 6.07) is -1.24. The number of amides is 1. The highest BCUT2D eigenvalue weighted by atomic mass is 35.5. The van der Waals surface area contributed by atoms with E-state index in [9.17, 15) is 14.7 Å². The van der Waals surface area contributed by atoms with Gasteiger partial charge in [0.25, 0.3) is 5.91 Å². The van der Waals surface area contributed by atoms with E-state index in [-0.39, 0.29) is 23.7 Å². The van der Waals surface area contributed by atoms with Crippen LogP contribution in [0, 0.1) is 5.92 Å². The van der Waals surface area contributed by atoms with Crippen molar-refractivity contribution in [2.75, 3.05) is 18.8 Å². The number of likely N-dealkylation sites (tertiary alicyclic amines) is 1. The van der Waals surface area contributed by atoms with Gasteiger partial charge < -0.3 is 25.2 Å². The monoisotopic (exact) mass is 470 g/mol. The van der Waals surface area contributed by atoms with Crippen molar-refractivity contribution in [2.45, 2.75) is 68.3 Å². The number of hydrogen-bond acceptors (Lipinski definition) is 6. The van der Waals surface area contributed by atoms with Crippen LogP contribution in [0.15, 0.2) is 17.4 Å². The number of carbonyl (C=O) groups excluding carboxylic acids is 1. The third-order valence-corrected chi connectivity index (χ3v) is 8.00. The Labute approximate surface area is 192 Å². The summed E-state index contributed by atoms with van der Waals surface area (Å²) in [7, 11) is 0. The molecule has 3 saturated heterocycles. The molecule has 1 aromatic heterocycles. The summed E-state index contributed by atoms with van der Waals surface area (Å²) < 4.78 is 1.48. The quantitative estimate of drug-likeness (QED) is 0.355. The maximum absolute atomic E-state index is 12.5. The number of fused-ring (bicyclic) bond motifs is 1. The van der Waals surface area contributed by atoms with E-state index in [2.05, 4.69) is 14.9 Å². The number of rotatable bonds is 7. The van der Waals surface area contributed by atoms with Gasteiger partial charge in [0, 0.05) is 36.8 Å². The van der Waals surface area contributed by atoms with E-state index >= 15 is 0 Å². The molecule has 3 N–H and O–H groups in total. The van der Waals surface area contributed by atoms with E-state index in [0.29, 0.717) is 11.9 Å². The molecule has 4 rings (SSSR count). The summed E-state index contributed by atoms with van der Waals surface area (Å²) in [5.74, 6) is 0.158. The lowest BCUT2D eigenvalue weighted by Gasteiger charge is -2.41. The Morgan fingerprint density at radius 3 is 2.74 bits per heavy atom. The number of hydrogen-bond donors (Lipinski definition) is 2. The molecule has 3 aliphatic heterocycles. The van der Waals surface area contributed by atoms with E-state index < -0.39 is 22.8 Å². The smallest absolute Gasteiger partial charge is 0.327 e. The molecule has 0 aliphatic carbocycles. The molecular formula is C20H31ClN6O3S. The van der Waals surface area contributed by atoms with E-state index in [1.54, 1.807) is 6.20 Å². The van der Waals surface area contributed by atoms with Gasteiger partial charge in [-0.15, -0.1) is 24.2 Å². The van der Waals surface area contributed by atoms with Crippen LogP contribution in [0.2, 0.25) is 0 Å². The number of halogens is 1. The lowest BCUT2D eigenvalue weighted by Crippen LogP contribution is -2.65. The molecule has 9 nitrogen and oxygen atoms in total. The average Bonchev–Trinajstić information content (AvgIpc) is 3.21. The zero-order valence-corrected chi connectivity index (χ0v) is 19.5. The van der Waals surface area contributed by atoms with Gasteiger partial charge in [-0.1, -0.05) is 0 Å². The molecule has 0 radical (unpaired) electrons. The van der Waals surface area contributed by atoms with Crippen molar-refractivity contribution in [3.05, 3.63) is 12.4 Å². The Kier molecular flexibility index (Phi) is 7.10. The largest absolute Gasteiger partial charge is 0.480 e. The van der Waals surface area contributed by atoms with Gasteiger partial charge in [0.05, 0.1) is 6.34 Å². The number of imidazole rings is 1. The van der Waals surface area contributed by atoms with Crippen LogP contribution in [0.5, 0.6) is 0 Å². The Morgan fingerprint density at radius 2 is 2.13 bits per heavy atom. The van der Waals surface area contributed by atoms with Gasteiger partial charge in [-0.2, -0.15) is 0 Å². The third-order valence-electron chi connectivity index (χ3n) is 6.45. The average molecular weight is 471 g/mol. The van der Waals surface area contributed by atoms with E-state index in [1.807, 2.05) is 30.9 Å². The standard InChI is InChI=1S/C20H30N6O3S.ClH/c1-20(2)15(18(28)29)26-16(27)14(17(26)30-20)23-12-24-9-5-13(6-10-24)4-3-8-25-11-7-22-19(25)21;/h7,11-15,17H,3-6,8-10H2,1-2H3,(H2,21,22)(H,28,29);1H/t14?,15-,17?;/m0./s1. The minimum Gasteiger partial charge on any atom is -0.480 e. The van der Waals surface area contributed by atoms with Crippen LogP contribution in [0.25, 0.3) is 0 Å². The summed E-state index contributed by atoms with van der Waals surface area (Å²) in [6.07, 6.45) is 9.94. The van der Waals surface area contributed by atoms with Crippen molar-refractivity contribution >= 4 is 48.3 Å². The first kappa shape index (κ1) is 23.7. The molecule has 3 fully saturated rings. The fourth-order valence-corrected chi connectivity index (χ4v) is 6.35. The molecule has 31 heavy (non-hydrogen) atoms. The number of aliphatic carboxylic acids is 1. The summed E-state index contributed by atoms with van der Waals surface area (Å²) in [5.41, 5.74) is 5.80. The zero-order valence-electron chi connectivity index (χ0n) is 17.9. The van der Waals surface area contributed by atoms with Gasteiger partial charge >= 0.3 is 5.97 Å². The number of carboxylic acids is 1. The first-order chi connectivity index (χ1) is 14.3. The molecule has 0 spiro atoms. The Bertz CT molecular complexity index is 839. The summed E-state index contributed by atoms with van der Waals surface area (Å²) in [4.78, 5) is 36.4. The van der Waals surface area contributed by atoms with Crippen LogP contribution < -0.4 is 5.73 Å². The van der Waals surface area contributed by atoms with Crippen LogP contribution in [0.4, 0.5) is 5.95 Å². The molecule has 0 saturated carbocycles. The SMILES string of the molecule is CC1(C)SC2C(N=CN3CCC(CCCn4ccnc4N)CC3)C(=O)N2[C@H]1C(=O)O.Cl. The number of aliphatic imine (C=N–C) groups is 1. The first-order valence-corrected chi connectivity index (χ1v) is 11.4. The van der Waals surface area contributed by atoms with Crippen molar-refractivity contribution in [1.82, 2.24) is 19.4 Å². The van der Waals surface area contributed by atoms with E-state index in [0.717, 1.165) is 38.9 Å². The van der Waals surface area contributed by atoms with Crippen LogP contribution >= 0.6 is 24.2 Å². The van der Waals surface area contributed by atoms with Gasteiger partial charge in [0.2, 0.25) is 0 Å². The molecule has 172 valence electrons. The van der Waals surface area contributed by atoms with Crippen molar-refractivity contribution in [1.29, 1.82) is 0 Å².